The van der Waals surface area contributed by atoms with E-state index in [1.807, 2.05) is 18.2 Å². The summed E-state index contributed by atoms with van der Waals surface area (Å²) in [6.45, 7) is 1.68. The number of hydrogen-bond acceptors (Lipinski definition) is 3. The highest BCUT2D eigenvalue weighted by molar-refractivity contribution is 5.95. The molecule has 2 rings (SSSR count). The fraction of sp³-hybridized carbons (Fsp3) is 0.286. The van der Waals surface area contributed by atoms with Gasteiger partial charge in [0.2, 0.25) is 0 Å². The van der Waals surface area contributed by atoms with Crippen molar-refractivity contribution in [2.45, 2.75) is 19.0 Å². The van der Waals surface area contributed by atoms with Crippen LogP contribution in [-0.2, 0) is 9.63 Å². The molecule has 6 heteroatoms. The van der Waals surface area contributed by atoms with Crippen molar-refractivity contribution < 1.29 is 19.5 Å². The van der Waals surface area contributed by atoms with Crippen LogP contribution in [0.5, 0.6) is 0 Å². The second-order valence-corrected chi connectivity index (χ2v) is 4.49. The van der Waals surface area contributed by atoms with Gasteiger partial charge in [0, 0.05) is 5.57 Å². The molecule has 0 saturated heterocycles. The molecule has 20 heavy (non-hydrogen) atoms. The van der Waals surface area contributed by atoms with Crippen molar-refractivity contribution in [3.8, 4) is 0 Å². The number of carbonyl (C=O) groups is 2. The van der Waals surface area contributed by atoms with Crippen LogP contribution in [0.1, 0.15) is 18.5 Å². The molecule has 0 fully saturated rings. The third kappa shape index (κ3) is 2.65. The first-order valence-corrected chi connectivity index (χ1v) is 6.15. The van der Waals surface area contributed by atoms with Gasteiger partial charge in [-0.3, -0.25) is 9.63 Å². The van der Waals surface area contributed by atoms with Crippen LogP contribution < -0.4 is 5.32 Å². The number of carboxylic acid groups (broad SMARTS) is 1. The first-order chi connectivity index (χ1) is 9.54. The number of nitrogens with one attached hydrogen (secondary N) is 1. The van der Waals surface area contributed by atoms with Crippen molar-refractivity contribution in [3.05, 3.63) is 47.5 Å². The fourth-order valence-corrected chi connectivity index (χ4v) is 2.30. The quantitative estimate of drug-likeness (QED) is 0.877. The SMILES string of the molecule is CON1C(=O)C(C)=CC1C(NC(=O)O)c1ccccc1. The molecule has 1 aromatic carbocycles. The average Bonchev–Trinajstić information content (AvgIpc) is 2.72. The number of amides is 2. The zero-order valence-corrected chi connectivity index (χ0v) is 11.2. The molecule has 2 N–H and O–H groups in total. The smallest absolute Gasteiger partial charge is 0.405 e. The van der Waals surface area contributed by atoms with Crippen LogP contribution in [0.15, 0.2) is 42.0 Å². The number of benzene rings is 1. The summed E-state index contributed by atoms with van der Waals surface area (Å²) in [6.07, 6.45) is 0.555. The van der Waals surface area contributed by atoms with Gasteiger partial charge in [-0.25, -0.2) is 9.86 Å². The lowest BCUT2D eigenvalue weighted by molar-refractivity contribution is -0.177. The van der Waals surface area contributed by atoms with E-state index in [0.29, 0.717) is 5.57 Å². The fourth-order valence-electron chi connectivity index (χ4n) is 2.30. The minimum absolute atomic E-state index is 0.259. The van der Waals surface area contributed by atoms with Crippen LogP contribution in [0.25, 0.3) is 0 Å². The Morgan fingerprint density at radius 1 is 1.40 bits per heavy atom. The number of carbonyl (C=O) groups excluding carboxylic acids is 1. The minimum Gasteiger partial charge on any atom is -0.465 e. The zero-order valence-electron chi connectivity index (χ0n) is 11.2. The van der Waals surface area contributed by atoms with E-state index in [0.717, 1.165) is 5.56 Å². The normalized spacial score (nSPS) is 19.7. The van der Waals surface area contributed by atoms with E-state index >= 15 is 0 Å². The summed E-state index contributed by atoms with van der Waals surface area (Å²) >= 11 is 0. The molecule has 0 aromatic heterocycles. The van der Waals surface area contributed by atoms with Crippen LogP contribution in [0.3, 0.4) is 0 Å². The Bertz CT molecular complexity index is 541. The first-order valence-electron chi connectivity index (χ1n) is 6.15. The van der Waals surface area contributed by atoms with Crippen molar-refractivity contribution in [2.24, 2.45) is 0 Å². The maximum Gasteiger partial charge on any atom is 0.405 e. The van der Waals surface area contributed by atoms with Crippen molar-refractivity contribution >= 4 is 12.0 Å². The molecule has 0 bridgehead atoms. The maximum absolute atomic E-state index is 11.9. The van der Waals surface area contributed by atoms with Crippen molar-refractivity contribution in [2.75, 3.05) is 7.11 Å². The Balaban J connectivity index is 2.37. The van der Waals surface area contributed by atoms with Gasteiger partial charge in [-0.2, -0.15) is 0 Å². The highest BCUT2D eigenvalue weighted by Crippen LogP contribution is 2.28. The monoisotopic (exact) mass is 276 g/mol. The minimum atomic E-state index is -1.15. The zero-order chi connectivity index (χ0) is 14.7. The largest absolute Gasteiger partial charge is 0.465 e. The molecule has 0 aliphatic carbocycles. The molecule has 106 valence electrons. The number of rotatable bonds is 4. The molecular weight excluding hydrogens is 260 g/mol. The second kappa shape index (κ2) is 5.75. The topological polar surface area (TPSA) is 78.9 Å². The molecule has 0 spiro atoms. The van der Waals surface area contributed by atoms with Crippen LogP contribution >= 0.6 is 0 Å². The summed E-state index contributed by atoms with van der Waals surface area (Å²) < 4.78 is 0. The number of hydrogen-bond donors (Lipinski definition) is 2. The van der Waals surface area contributed by atoms with Gasteiger partial charge >= 0.3 is 6.09 Å². The van der Waals surface area contributed by atoms with Gasteiger partial charge < -0.3 is 10.4 Å². The van der Waals surface area contributed by atoms with E-state index in [1.54, 1.807) is 25.1 Å². The van der Waals surface area contributed by atoms with Crippen molar-refractivity contribution in [1.29, 1.82) is 0 Å². The van der Waals surface area contributed by atoms with E-state index in [1.165, 1.54) is 12.2 Å². The van der Waals surface area contributed by atoms with Gasteiger partial charge in [0.1, 0.15) is 6.04 Å². The highest BCUT2D eigenvalue weighted by Gasteiger charge is 2.37. The Morgan fingerprint density at radius 3 is 2.60 bits per heavy atom. The van der Waals surface area contributed by atoms with E-state index in [4.69, 9.17) is 9.94 Å². The highest BCUT2D eigenvalue weighted by atomic mass is 16.7. The molecule has 0 saturated carbocycles. The summed E-state index contributed by atoms with van der Waals surface area (Å²) in [5, 5.41) is 12.6. The van der Waals surface area contributed by atoms with E-state index in [9.17, 15) is 9.59 Å². The molecule has 1 aliphatic rings. The van der Waals surface area contributed by atoms with Gasteiger partial charge in [-0.1, -0.05) is 30.3 Å². The van der Waals surface area contributed by atoms with Gasteiger partial charge in [0.25, 0.3) is 5.91 Å². The summed E-state index contributed by atoms with van der Waals surface area (Å²) in [4.78, 5) is 28.0. The predicted molar refractivity (Wildman–Crippen MR) is 71.7 cm³/mol. The van der Waals surface area contributed by atoms with Crippen molar-refractivity contribution in [1.82, 2.24) is 10.4 Å². The number of hydroxylamine groups is 2. The van der Waals surface area contributed by atoms with Gasteiger partial charge in [-0.15, -0.1) is 0 Å². The van der Waals surface area contributed by atoms with Gasteiger partial charge in [-0.05, 0) is 18.6 Å². The van der Waals surface area contributed by atoms with Gasteiger partial charge in [0.15, 0.2) is 0 Å². The molecule has 1 aromatic rings. The summed E-state index contributed by atoms with van der Waals surface area (Å²) in [5.74, 6) is -0.259. The summed E-state index contributed by atoms with van der Waals surface area (Å²) in [6, 6.07) is 7.99. The lowest BCUT2D eigenvalue weighted by Crippen LogP contribution is -2.44. The van der Waals surface area contributed by atoms with Crippen LogP contribution in [0, 0.1) is 0 Å². The third-order valence-electron chi connectivity index (χ3n) is 3.20. The Morgan fingerprint density at radius 2 is 2.05 bits per heavy atom. The second-order valence-electron chi connectivity index (χ2n) is 4.49. The van der Waals surface area contributed by atoms with E-state index in [2.05, 4.69) is 5.32 Å². The molecule has 0 radical (unpaired) electrons. The maximum atomic E-state index is 11.9. The molecule has 6 nitrogen and oxygen atoms in total. The average molecular weight is 276 g/mol. The van der Waals surface area contributed by atoms with E-state index in [-0.39, 0.29) is 5.91 Å². The first kappa shape index (κ1) is 14.1. The van der Waals surface area contributed by atoms with Crippen molar-refractivity contribution in [3.63, 3.8) is 0 Å². The van der Waals surface area contributed by atoms with Crippen LogP contribution in [0.4, 0.5) is 4.79 Å². The standard InChI is InChI=1S/C14H16N2O4/c1-9-8-11(16(20-2)13(9)17)12(15-14(18)19)10-6-4-3-5-7-10/h3-8,11-12,15H,1-2H3,(H,18,19). The third-order valence-corrected chi connectivity index (χ3v) is 3.20. The lowest BCUT2D eigenvalue weighted by atomic mass is 9.99. The Labute approximate surface area is 116 Å². The summed E-state index contributed by atoms with van der Waals surface area (Å²) in [7, 11) is 1.39. The van der Waals surface area contributed by atoms with E-state index < -0.39 is 18.2 Å². The molecule has 2 amide bonds. The van der Waals surface area contributed by atoms with Crippen LogP contribution in [-0.4, -0.2) is 35.3 Å². The lowest BCUT2D eigenvalue weighted by Gasteiger charge is -2.29. The molecule has 2 unspecified atom stereocenters. The predicted octanol–water partition coefficient (Wildman–Crippen LogP) is 1.71. The molecule has 2 atom stereocenters. The Hall–Kier alpha value is -2.34. The summed E-state index contributed by atoms with van der Waals surface area (Å²) in [5.41, 5.74) is 1.30. The van der Waals surface area contributed by atoms with Crippen LogP contribution in [0.2, 0.25) is 0 Å². The molecular formula is C14H16N2O4. The molecule has 1 heterocycles. The number of nitrogens with zero attached hydrogens (tertiary/aromatic N) is 1. The van der Waals surface area contributed by atoms with Gasteiger partial charge in [0.05, 0.1) is 13.2 Å². The molecule has 1 aliphatic heterocycles. The Kier molecular flexibility index (Phi) is 4.05.